The van der Waals surface area contributed by atoms with E-state index in [4.69, 9.17) is 9.72 Å². The fraction of sp³-hybridized carbons (Fsp3) is 0.647. The first-order chi connectivity index (χ1) is 10.9. The number of ether oxygens (including phenoxy) is 1. The van der Waals surface area contributed by atoms with Crippen molar-refractivity contribution in [2.24, 2.45) is 11.8 Å². The lowest BCUT2D eigenvalue weighted by molar-refractivity contribution is 0.0540. The lowest BCUT2D eigenvalue weighted by Crippen LogP contribution is -2.22. The molecule has 2 aliphatic rings. The van der Waals surface area contributed by atoms with Crippen molar-refractivity contribution < 1.29 is 4.74 Å². The molecule has 0 radical (unpaired) electrons. The molecule has 4 nitrogen and oxygen atoms in total. The van der Waals surface area contributed by atoms with Gasteiger partial charge in [0.15, 0.2) is 5.65 Å². The molecule has 2 unspecified atom stereocenters. The number of nitrogens with zero attached hydrogens (tertiary/aromatic N) is 3. The smallest absolute Gasteiger partial charge is 0.159 e. The van der Waals surface area contributed by atoms with Crippen LogP contribution in [0.25, 0.3) is 11.2 Å². The van der Waals surface area contributed by atoms with Gasteiger partial charge in [0, 0.05) is 32.4 Å². The standard InChI is InChI=1S/C17H23N3OS/c1-4-15-17(18-6-1)20(10-14-5-8-22-12-14)16(19-15)9-13-3-2-7-21-11-13/h1,4,6,13-14H,2-3,5,7-12H2. The molecule has 22 heavy (non-hydrogen) atoms. The second-order valence-corrected chi connectivity index (χ2v) is 7.65. The maximum Gasteiger partial charge on any atom is 0.159 e. The highest BCUT2D eigenvalue weighted by atomic mass is 32.2. The van der Waals surface area contributed by atoms with Crippen LogP contribution in [0.3, 0.4) is 0 Å². The third kappa shape index (κ3) is 3.01. The van der Waals surface area contributed by atoms with Crippen molar-refractivity contribution in [3.8, 4) is 0 Å². The molecule has 0 amide bonds. The molecule has 5 heteroatoms. The summed E-state index contributed by atoms with van der Waals surface area (Å²) >= 11 is 2.08. The molecule has 0 aromatic carbocycles. The summed E-state index contributed by atoms with van der Waals surface area (Å²) in [6, 6.07) is 4.07. The van der Waals surface area contributed by atoms with Gasteiger partial charge < -0.3 is 9.30 Å². The van der Waals surface area contributed by atoms with E-state index >= 15 is 0 Å². The number of imidazole rings is 1. The number of fused-ring (bicyclic) bond motifs is 1. The average Bonchev–Trinajstić information content (AvgIpc) is 3.18. The number of rotatable bonds is 4. The highest BCUT2D eigenvalue weighted by Gasteiger charge is 2.22. The Morgan fingerprint density at radius 2 is 2.32 bits per heavy atom. The Balaban J connectivity index is 1.62. The van der Waals surface area contributed by atoms with Crippen molar-refractivity contribution in [2.45, 2.75) is 32.2 Å². The first kappa shape index (κ1) is 14.5. The van der Waals surface area contributed by atoms with E-state index in [2.05, 4.69) is 27.4 Å². The van der Waals surface area contributed by atoms with Crippen LogP contribution >= 0.6 is 11.8 Å². The number of hydrogen-bond acceptors (Lipinski definition) is 4. The van der Waals surface area contributed by atoms with E-state index in [1.54, 1.807) is 0 Å². The maximum absolute atomic E-state index is 5.65. The summed E-state index contributed by atoms with van der Waals surface area (Å²) in [5.41, 5.74) is 2.10. The van der Waals surface area contributed by atoms with E-state index in [1.165, 1.54) is 36.6 Å². The minimum atomic E-state index is 0.613. The first-order valence-corrected chi connectivity index (χ1v) is 9.51. The zero-order valence-corrected chi connectivity index (χ0v) is 13.7. The molecule has 2 saturated heterocycles. The molecule has 4 rings (SSSR count). The number of hydrogen-bond donors (Lipinski definition) is 0. The summed E-state index contributed by atoms with van der Waals surface area (Å²) in [5, 5.41) is 0. The van der Waals surface area contributed by atoms with E-state index in [9.17, 15) is 0 Å². The van der Waals surface area contributed by atoms with Gasteiger partial charge in [0.2, 0.25) is 0 Å². The fourth-order valence-corrected chi connectivity index (χ4v) is 4.84. The summed E-state index contributed by atoms with van der Waals surface area (Å²) < 4.78 is 8.04. The molecule has 0 spiro atoms. The molecule has 2 aromatic rings. The van der Waals surface area contributed by atoms with Crippen LogP contribution < -0.4 is 0 Å². The molecule has 2 fully saturated rings. The molecule has 2 aliphatic heterocycles. The van der Waals surface area contributed by atoms with Crippen LogP contribution in [0.15, 0.2) is 18.3 Å². The minimum Gasteiger partial charge on any atom is -0.381 e. The van der Waals surface area contributed by atoms with Crippen molar-refractivity contribution >= 4 is 22.9 Å². The molecular formula is C17H23N3OS. The third-order valence-corrected chi connectivity index (χ3v) is 6.00. The lowest BCUT2D eigenvalue weighted by atomic mass is 9.98. The summed E-state index contributed by atoms with van der Waals surface area (Å²) in [6.45, 7) is 2.88. The Morgan fingerprint density at radius 3 is 3.14 bits per heavy atom. The van der Waals surface area contributed by atoms with Gasteiger partial charge in [-0.15, -0.1) is 0 Å². The van der Waals surface area contributed by atoms with Crippen LogP contribution in [0, 0.1) is 11.8 Å². The summed E-state index contributed by atoms with van der Waals surface area (Å²) in [4.78, 5) is 9.49. The molecule has 2 atom stereocenters. The highest BCUT2D eigenvalue weighted by molar-refractivity contribution is 7.99. The van der Waals surface area contributed by atoms with Gasteiger partial charge in [-0.3, -0.25) is 0 Å². The van der Waals surface area contributed by atoms with Crippen molar-refractivity contribution in [3.63, 3.8) is 0 Å². The van der Waals surface area contributed by atoms with E-state index < -0.39 is 0 Å². The van der Waals surface area contributed by atoms with Crippen molar-refractivity contribution in [1.29, 1.82) is 0 Å². The second-order valence-electron chi connectivity index (χ2n) is 6.50. The normalized spacial score (nSPS) is 25.8. The minimum absolute atomic E-state index is 0.613. The second kappa shape index (κ2) is 6.59. The van der Waals surface area contributed by atoms with Gasteiger partial charge in [-0.05, 0) is 54.7 Å². The van der Waals surface area contributed by atoms with Crippen LogP contribution in [0.4, 0.5) is 0 Å². The third-order valence-electron chi connectivity index (χ3n) is 4.77. The Kier molecular flexibility index (Phi) is 4.35. The van der Waals surface area contributed by atoms with Crippen molar-refractivity contribution in [2.75, 3.05) is 24.7 Å². The van der Waals surface area contributed by atoms with Gasteiger partial charge in [0.1, 0.15) is 11.3 Å². The zero-order valence-electron chi connectivity index (χ0n) is 12.9. The van der Waals surface area contributed by atoms with Gasteiger partial charge in [-0.25, -0.2) is 9.97 Å². The molecule has 118 valence electrons. The molecule has 0 N–H and O–H groups in total. The number of pyridine rings is 1. The lowest BCUT2D eigenvalue weighted by Gasteiger charge is -2.22. The predicted octanol–water partition coefficient (Wildman–Crippen LogP) is 3.15. The first-order valence-electron chi connectivity index (χ1n) is 8.36. The van der Waals surface area contributed by atoms with Gasteiger partial charge >= 0.3 is 0 Å². The molecule has 0 bridgehead atoms. The van der Waals surface area contributed by atoms with Crippen LogP contribution in [0.5, 0.6) is 0 Å². The molecule has 0 aliphatic carbocycles. The van der Waals surface area contributed by atoms with Crippen LogP contribution in [-0.2, 0) is 17.7 Å². The Labute approximate surface area is 135 Å². The van der Waals surface area contributed by atoms with Gasteiger partial charge in [-0.1, -0.05) is 0 Å². The molecule has 0 saturated carbocycles. The highest BCUT2D eigenvalue weighted by Crippen LogP contribution is 2.28. The van der Waals surface area contributed by atoms with Gasteiger partial charge in [0.05, 0.1) is 0 Å². The van der Waals surface area contributed by atoms with Crippen molar-refractivity contribution in [1.82, 2.24) is 14.5 Å². The fourth-order valence-electron chi connectivity index (χ4n) is 3.57. The Bertz CT molecular complexity index is 630. The summed E-state index contributed by atoms with van der Waals surface area (Å²) in [5.74, 6) is 5.17. The number of thioether (sulfide) groups is 1. The monoisotopic (exact) mass is 317 g/mol. The summed E-state index contributed by atoms with van der Waals surface area (Å²) in [7, 11) is 0. The predicted molar refractivity (Wildman–Crippen MR) is 90.2 cm³/mol. The Hall–Kier alpha value is -1.07. The topological polar surface area (TPSA) is 39.9 Å². The van der Waals surface area contributed by atoms with Crippen molar-refractivity contribution in [3.05, 3.63) is 24.2 Å². The van der Waals surface area contributed by atoms with Gasteiger partial charge in [-0.2, -0.15) is 11.8 Å². The molecule has 4 heterocycles. The van der Waals surface area contributed by atoms with E-state index in [1.807, 2.05) is 12.3 Å². The van der Waals surface area contributed by atoms with Crippen LogP contribution in [-0.4, -0.2) is 39.3 Å². The van der Waals surface area contributed by atoms with Crippen LogP contribution in [0.1, 0.15) is 25.1 Å². The molecule has 2 aromatic heterocycles. The quantitative estimate of drug-likeness (QED) is 0.868. The Morgan fingerprint density at radius 1 is 1.32 bits per heavy atom. The molecular weight excluding hydrogens is 294 g/mol. The van der Waals surface area contributed by atoms with E-state index in [0.717, 1.165) is 43.3 Å². The number of aromatic nitrogens is 3. The van der Waals surface area contributed by atoms with E-state index in [-0.39, 0.29) is 0 Å². The zero-order chi connectivity index (χ0) is 14.8. The van der Waals surface area contributed by atoms with E-state index in [0.29, 0.717) is 5.92 Å². The summed E-state index contributed by atoms with van der Waals surface area (Å²) in [6.07, 6.45) is 6.68. The van der Waals surface area contributed by atoms with Crippen LogP contribution in [0.2, 0.25) is 0 Å². The average molecular weight is 317 g/mol. The largest absolute Gasteiger partial charge is 0.381 e. The maximum atomic E-state index is 5.65. The SMILES string of the molecule is c1cnc2c(c1)nc(CC1CCCOC1)n2CC1CCSC1. The van der Waals surface area contributed by atoms with Gasteiger partial charge in [0.25, 0.3) is 0 Å².